The fourth-order valence-electron chi connectivity index (χ4n) is 3.07. The first-order valence-electron chi connectivity index (χ1n) is 9.14. The van der Waals surface area contributed by atoms with E-state index in [4.69, 9.17) is 0 Å². The number of hydrogen-bond acceptors (Lipinski definition) is 4. The van der Waals surface area contributed by atoms with Crippen LogP contribution in [0, 0.1) is 5.82 Å². The number of aliphatic hydroxyl groups is 1. The van der Waals surface area contributed by atoms with E-state index in [0.29, 0.717) is 12.1 Å². The van der Waals surface area contributed by atoms with Crippen molar-refractivity contribution in [3.63, 3.8) is 0 Å². The van der Waals surface area contributed by atoms with Gasteiger partial charge in [-0.15, -0.1) is 0 Å². The maximum absolute atomic E-state index is 13.2. The summed E-state index contributed by atoms with van der Waals surface area (Å²) < 4.78 is 13.2. The molecule has 3 amide bonds. The largest absolute Gasteiger partial charge is 0.387 e. The van der Waals surface area contributed by atoms with Crippen LogP contribution in [0.25, 0.3) is 0 Å². The van der Waals surface area contributed by atoms with Gasteiger partial charge in [0.05, 0.1) is 17.2 Å². The molecular formula is C21H21FN2O4. The summed E-state index contributed by atoms with van der Waals surface area (Å²) in [6.45, 7) is 2.21. The molecule has 0 aromatic heterocycles. The van der Waals surface area contributed by atoms with E-state index in [1.54, 1.807) is 6.07 Å². The van der Waals surface area contributed by atoms with Crippen LogP contribution in [0.1, 0.15) is 62.5 Å². The zero-order valence-corrected chi connectivity index (χ0v) is 15.4. The molecule has 0 fully saturated rings. The third-order valence-electron chi connectivity index (χ3n) is 4.66. The molecule has 1 aliphatic rings. The second kappa shape index (κ2) is 8.31. The van der Waals surface area contributed by atoms with Crippen LogP contribution in [0.4, 0.5) is 4.39 Å². The van der Waals surface area contributed by atoms with Gasteiger partial charge in [0.2, 0.25) is 0 Å². The number of nitrogens with one attached hydrogen (secondary N) is 1. The van der Waals surface area contributed by atoms with E-state index in [2.05, 4.69) is 5.32 Å². The zero-order valence-electron chi connectivity index (χ0n) is 15.4. The number of hydrogen-bond donors (Lipinski definition) is 2. The van der Waals surface area contributed by atoms with E-state index >= 15 is 0 Å². The highest BCUT2D eigenvalue weighted by Crippen LogP contribution is 2.24. The van der Waals surface area contributed by atoms with E-state index in [-0.39, 0.29) is 29.1 Å². The molecule has 6 nitrogen and oxygen atoms in total. The molecule has 2 N–H and O–H groups in total. The molecule has 28 heavy (non-hydrogen) atoms. The van der Waals surface area contributed by atoms with E-state index in [0.717, 1.165) is 12.8 Å². The average molecular weight is 384 g/mol. The Balaban J connectivity index is 1.69. The smallest absolute Gasteiger partial charge is 0.261 e. The summed E-state index contributed by atoms with van der Waals surface area (Å²) in [5.41, 5.74) is 1.06. The first-order chi connectivity index (χ1) is 13.4. The lowest BCUT2D eigenvalue weighted by atomic mass is 10.0. The number of nitrogens with zero attached hydrogens (tertiary/aromatic N) is 1. The van der Waals surface area contributed by atoms with Crippen molar-refractivity contribution in [3.8, 4) is 0 Å². The van der Waals surface area contributed by atoms with E-state index in [1.807, 2.05) is 6.92 Å². The normalized spacial score (nSPS) is 14.2. The predicted octanol–water partition coefficient (Wildman–Crippen LogP) is 2.69. The summed E-state index contributed by atoms with van der Waals surface area (Å²) in [7, 11) is 0. The van der Waals surface area contributed by atoms with E-state index in [9.17, 15) is 23.9 Å². The first-order valence-corrected chi connectivity index (χ1v) is 9.14. The molecule has 1 atom stereocenters. The first kappa shape index (κ1) is 19.7. The predicted molar refractivity (Wildman–Crippen MR) is 100 cm³/mol. The highest BCUT2D eigenvalue weighted by molar-refractivity contribution is 6.22. The van der Waals surface area contributed by atoms with E-state index < -0.39 is 23.7 Å². The van der Waals surface area contributed by atoms with E-state index in [1.165, 1.54) is 41.3 Å². The highest BCUT2D eigenvalue weighted by Gasteiger charge is 2.35. The van der Waals surface area contributed by atoms with Crippen molar-refractivity contribution in [3.05, 3.63) is 70.5 Å². The van der Waals surface area contributed by atoms with Crippen molar-refractivity contribution in [2.75, 3.05) is 13.1 Å². The van der Waals surface area contributed by atoms with Gasteiger partial charge in [0.1, 0.15) is 5.82 Å². The number of unbranched alkanes of at least 4 members (excludes halogenated alkanes) is 1. The van der Waals surface area contributed by atoms with Crippen LogP contribution in [0.2, 0.25) is 0 Å². The average Bonchev–Trinajstić information content (AvgIpc) is 2.94. The number of carbonyl (C=O) groups excluding carboxylic acids is 3. The van der Waals surface area contributed by atoms with Gasteiger partial charge in [-0.2, -0.15) is 0 Å². The molecule has 0 saturated heterocycles. The molecule has 3 rings (SSSR count). The van der Waals surface area contributed by atoms with Crippen molar-refractivity contribution in [1.29, 1.82) is 0 Å². The topological polar surface area (TPSA) is 86.7 Å². The third-order valence-corrected chi connectivity index (χ3v) is 4.66. The van der Waals surface area contributed by atoms with Gasteiger partial charge in [0, 0.05) is 18.7 Å². The molecule has 0 radical (unpaired) electrons. The summed E-state index contributed by atoms with van der Waals surface area (Å²) in [5, 5.41) is 12.7. The standard InChI is InChI=1S/C21H21FN2O4/c1-2-3-9-24-20(27)16-8-7-14(11-17(16)21(24)28)19(26)23-12-18(25)13-5-4-6-15(22)10-13/h4-8,10-11,18,25H,2-3,9,12H2,1H3,(H,23,26). The molecule has 1 aliphatic heterocycles. The maximum Gasteiger partial charge on any atom is 0.261 e. The van der Waals surface area contributed by atoms with Gasteiger partial charge in [-0.05, 0) is 42.3 Å². The minimum absolute atomic E-state index is 0.116. The minimum Gasteiger partial charge on any atom is -0.387 e. The van der Waals surface area contributed by atoms with Crippen LogP contribution in [-0.4, -0.2) is 40.8 Å². The molecule has 1 unspecified atom stereocenters. The number of carbonyl (C=O) groups is 3. The van der Waals surface area contributed by atoms with Gasteiger partial charge >= 0.3 is 0 Å². The second-order valence-electron chi connectivity index (χ2n) is 6.66. The molecule has 2 aromatic carbocycles. The molecule has 0 aliphatic carbocycles. The van der Waals surface area contributed by atoms with Gasteiger partial charge in [0.15, 0.2) is 0 Å². The summed E-state index contributed by atoms with van der Waals surface area (Å²) in [6, 6.07) is 9.83. The lowest BCUT2D eigenvalue weighted by molar-refractivity contribution is 0.0652. The summed E-state index contributed by atoms with van der Waals surface area (Å²) >= 11 is 0. The molecule has 0 saturated carbocycles. The van der Waals surface area contributed by atoms with Crippen molar-refractivity contribution < 1.29 is 23.9 Å². The van der Waals surface area contributed by atoms with Gasteiger partial charge in [-0.1, -0.05) is 25.5 Å². The molecular weight excluding hydrogens is 363 g/mol. The Bertz CT molecular complexity index is 928. The fourth-order valence-corrected chi connectivity index (χ4v) is 3.07. The number of amides is 3. The summed E-state index contributed by atoms with van der Waals surface area (Å²) in [5.74, 6) is -1.72. The molecule has 1 heterocycles. The summed E-state index contributed by atoms with van der Waals surface area (Å²) in [6.07, 6.45) is 0.507. The maximum atomic E-state index is 13.2. The molecule has 2 aromatic rings. The van der Waals surface area contributed by atoms with Gasteiger partial charge in [0.25, 0.3) is 17.7 Å². The third kappa shape index (κ3) is 3.94. The van der Waals surface area contributed by atoms with Crippen LogP contribution in [-0.2, 0) is 0 Å². The molecule has 7 heteroatoms. The van der Waals surface area contributed by atoms with Crippen LogP contribution in [0.3, 0.4) is 0 Å². The number of fused-ring (bicyclic) bond motifs is 1. The van der Waals surface area contributed by atoms with Crippen LogP contribution < -0.4 is 5.32 Å². The Hall–Kier alpha value is -3.06. The van der Waals surface area contributed by atoms with Gasteiger partial charge < -0.3 is 10.4 Å². The number of imide groups is 1. The number of rotatable bonds is 7. The molecule has 146 valence electrons. The SMILES string of the molecule is CCCCN1C(=O)c2ccc(C(=O)NCC(O)c3cccc(F)c3)cc2C1=O. The van der Waals surface area contributed by atoms with Gasteiger partial charge in [-0.3, -0.25) is 19.3 Å². The second-order valence-corrected chi connectivity index (χ2v) is 6.66. The van der Waals surface area contributed by atoms with Crippen LogP contribution in [0.5, 0.6) is 0 Å². The lowest BCUT2D eigenvalue weighted by Gasteiger charge is -2.13. The zero-order chi connectivity index (χ0) is 20.3. The summed E-state index contributed by atoms with van der Waals surface area (Å²) in [4.78, 5) is 38.4. The highest BCUT2D eigenvalue weighted by atomic mass is 19.1. The van der Waals surface area contributed by atoms with Crippen molar-refractivity contribution in [1.82, 2.24) is 10.2 Å². The molecule has 0 bridgehead atoms. The van der Waals surface area contributed by atoms with Crippen molar-refractivity contribution >= 4 is 17.7 Å². The van der Waals surface area contributed by atoms with Crippen LogP contribution >= 0.6 is 0 Å². The van der Waals surface area contributed by atoms with Crippen LogP contribution in [0.15, 0.2) is 42.5 Å². The molecule has 0 spiro atoms. The number of halogens is 1. The quantitative estimate of drug-likeness (QED) is 0.719. The Morgan fingerprint density at radius 3 is 2.61 bits per heavy atom. The number of benzene rings is 2. The fraction of sp³-hybridized carbons (Fsp3) is 0.286. The Kier molecular flexibility index (Phi) is 5.84. The van der Waals surface area contributed by atoms with Crippen molar-refractivity contribution in [2.45, 2.75) is 25.9 Å². The Morgan fingerprint density at radius 2 is 1.89 bits per heavy atom. The van der Waals surface area contributed by atoms with Gasteiger partial charge in [-0.25, -0.2) is 4.39 Å². The van der Waals surface area contributed by atoms with Crippen molar-refractivity contribution in [2.24, 2.45) is 0 Å². The Morgan fingerprint density at radius 1 is 1.14 bits per heavy atom. The minimum atomic E-state index is -1.07. The number of aliphatic hydroxyl groups excluding tert-OH is 1. The lowest BCUT2D eigenvalue weighted by Crippen LogP contribution is -2.30. The Labute approximate surface area is 162 Å². The monoisotopic (exact) mass is 384 g/mol.